The van der Waals surface area contributed by atoms with Crippen LogP contribution in [-0.4, -0.2) is 33.4 Å². The van der Waals surface area contributed by atoms with E-state index in [1.165, 1.54) is 18.2 Å². The SMILES string of the molecule is Cc1cc(N)ccc1N=Nc1ccc(N=Nc2ccc(OCNc3ccc4cc(S(O)(O)O)cc(S(=O)(=O)O)c4c3)cc2)c(C)c1. The van der Waals surface area contributed by atoms with Crippen LogP contribution in [-0.2, 0) is 10.1 Å². The van der Waals surface area contributed by atoms with Crippen LogP contribution in [0.3, 0.4) is 0 Å². The number of fused-ring (bicyclic) bond motifs is 1. The standard InChI is InChI=1S/C31H30N6O7S2/c1-19-13-22(32)4-11-29(19)37-35-25-8-12-30(20(2)14-25)36-34-23-6-9-26(10-7-23)44-18-33-24-5-3-21-15-27(45(38,39)40)17-31(28(21)16-24)46(41,42)43/h3-17,33,38-40H,18,32H2,1-2H3,(H,41,42,43). The largest absolute Gasteiger partial charge is 0.473 e. The average molecular weight is 663 g/mol. The zero-order chi connectivity index (χ0) is 33.1. The lowest BCUT2D eigenvalue weighted by molar-refractivity contribution is 0.347. The molecule has 0 amide bonds. The summed E-state index contributed by atoms with van der Waals surface area (Å²) in [4.78, 5) is -1.01. The molecule has 0 bridgehead atoms. The van der Waals surface area contributed by atoms with Crippen molar-refractivity contribution in [3.63, 3.8) is 0 Å². The van der Waals surface area contributed by atoms with Crippen LogP contribution in [0.15, 0.2) is 121 Å². The molecule has 5 aromatic rings. The Hall–Kier alpha value is -4.90. The van der Waals surface area contributed by atoms with Crippen molar-refractivity contribution in [2.75, 3.05) is 17.8 Å². The van der Waals surface area contributed by atoms with E-state index in [1.54, 1.807) is 36.4 Å². The Morgan fingerprint density at radius 1 is 0.717 bits per heavy atom. The fourth-order valence-corrected chi connectivity index (χ4v) is 5.79. The average Bonchev–Trinajstić information content (AvgIpc) is 2.99. The first-order valence-corrected chi connectivity index (χ1v) is 16.5. The number of nitrogen functional groups attached to an aromatic ring is 1. The summed E-state index contributed by atoms with van der Waals surface area (Å²) in [5, 5.41) is 20.6. The van der Waals surface area contributed by atoms with Gasteiger partial charge in [0.1, 0.15) is 21.5 Å². The molecule has 0 aliphatic rings. The molecule has 13 nitrogen and oxygen atoms in total. The summed E-state index contributed by atoms with van der Waals surface area (Å²) in [6.45, 7) is 3.85. The Morgan fingerprint density at radius 3 is 1.98 bits per heavy atom. The predicted octanol–water partition coefficient (Wildman–Crippen LogP) is 9.15. The first-order valence-electron chi connectivity index (χ1n) is 13.6. The second-order valence-corrected chi connectivity index (χ2v) is 13.1. The lowest BCUT2D eigenvalue weighted by Crippen LogP contribution is -2.09. The number of nitrogens with two attached hydrogens (primary N) is 1. The zero-order valence-electron chi connectivity index (χ0n) is 24.6. The van der Waals surface area contributed by atoms with Crippen molar-refractivity contribution in [2.24, 2.45) is 20.5 Å². The number of benzene rings is 5. The minimum absolute atomic E-state index is 0.0175. The van der Waals surface area contributed by atoms with Crippen LogP contribution in [0.5, 0.6) is 5.75 Å². The molecule has 46 heavy (non-hydrogen) atoms. The van der Waals surface area contributed by atoms with Gasteiger partial charge in [0, 0.05) is 16.8 Å². The first-order chi connectivity index (χ1) is 21.8. The molecule has 0 saturated heterocycles. The van der Waals surface area contributed by atoms with E-state index in [0.717, 1.165) is 22.9 Å². The quantitative estimate of drug-likeness (QED) is 0.0363. The molecule has 0 unspecified atom stereocenters. The molecule has 238 valence electrons. The fourth-order valence-electron chi connectivity index (χ4n) is 4.42. The van der Waals surface area contributed by atoms with Gasteiger partial charge >= 0.3 is 0 Å². The summed E-state index contributed by atoms with van der Waals surface area (Å²) in [5.74, 6) is 0.533. The summed E-state index contributed by atoms with van der Waals surface area (Å²) in [5.41, 5.74) is 11.5. The Bertz CT molecular complexity index is 2080. The van der Waals surface area contributed by atoms with Crippen molar-refractivity contribution in [3.05, 3.63) is 102 Å². The van der Waals surface area contributed by atoms with Crippen molar-refractivity contribution >= 4 is 65.9 Å². The molecule has 0 aliphatic heterocycles. The van der Waals surface area contributed by atoms with Gasteiger partial charge in [-0.25, -0.2) is 0 Å². The maximum atomic E-state index is 12.0. The van der Waals surface area contributed by atoms with E-state index in [4.69, 9.17) is 10.5 Å². The minimum atomic E-state index is -4.75. The number of ether oxygens (including phenoxy) is 1. The molecular weight excluding hydrogens is 633 g/mol. The van der Waals surface area contributed by atoms with Gasteiger partial charge in [-0.15, -0.1) is 0 Å². The molecule has 0 radical (unpaired) electrons. The topological polar surface area (TPSA) is 212 Å². The second-order valence-electron chi connectivity index (χ2n) is 10.2. The Balaban J connectivity index is 1.20. The number of azo groups is 2. The molecule has 0 saturated carbocycles. The van der Waals surface area contributed by atoms with Crippen LogP contribution in [0, 0.1) is 13.8 Å². The van der Waals surface area contributed by atoms with Crippen molar-refractivity contribution in [3.8, 4) is 5.75 Å². The Morgan fingerprint density at radius 2 is 1.35 bits per heavy atom. The highest BCUT2D eigenvalue weighted by Crippen LogP contribution is 2.46. The van der Waals surface area contributed by atoms with Gasteiger partial charge in [0.25, 0.3) is 10.1 Å². The maximum absolute atomic E-state index is 12.0. The van der Waals surface area contributed by atoms with E-state index in [1.807, 2.05) is 44.2 Å². The van der Waals surface area contributed by atoms with Gasteiger partial charge in [-0.1, -0.05) is 6.07 Å². The van der Waals surface area contributed by atoms with Crippen molar-refractivity contribution in [1.29, 1.82) is 0 Å². The summed E-state index contributed by atoms with van der Waals surface area (Å²) in [7, 11) is -8.95. The summed E-state index contributed by atoms with van der Waals surface area (Å²) in [6.07, 6.45) is 0. The second kappa shape index (κ2) is 13.2. The van der Waals surface area contributed by atoms with E-state index >= 15 is 0 Å². The molecule has 0 aromatic heterocycles. The van der Waals surface area contributed by atoms with Crippen LogP contribution in [0.25, 0.3) is 10.8 Å². The van der Waals surface area contributed by atoms with Gasteiger partial charge in [0.05, 0.1) is 27.6 Å². The third-order valence-corrected chi connectivity index (χ3v) is 8.55. The van der Waals surface area contributed by atoms with Gasteiger partial charge in [-0.05, 0) is 115 Å². The number of nitrogens with zero attached hydrogens (tertiary/aromatic N) is 4. The smallest absolute Gasteiger partial charge is 0.295 e. The summed E-state index contributed by atoms with van der Waals surface area (Å²) in [6, 6.07) is 24.5. The third-order valence-electron chi connectivity index (χ3n) is 6.78. The molecule has 0 aliphatic carbocycles. The number of rotatable bonds is 10. The van der Waals surface area contributed by atoms with E-state index in [2.05, 4.69) is 25.8 Å². The minimum Gasteiger partial charge on any atom is -0.473 e. The molecule has 5 rings (SSSR count). The summed E-state index contributed by atoms with van der Waals surface area (Å²) >= 11 is 0. The van der Waals surface area contributed by atoms with Gasteiger partial charge in [0.2, 0.25) is 0 Å². The van der Waals surface area contributed by atoms with Crippen LogP contribution < -0.4 is 15.8 Å². The van der Waals surface area contributed by atoms with Gasteiger partial charge in [-0.3, -0.25) is 4.55 Å². The van der Waals surface area contributed by atoms with E-state index < -0.39 is 30.8 Å². The van der Waals surface area contributed by atoms with Crippen LogP contribution in [0.1, 0.15) is 11.1 Å². The number of anilines is 2. The molecule has 7 N–H and O–H groups in total. The van der Waals surface area contributed by atoms with Crippen molar-refractivity contribution < 1.29 is 31.4 Å². The van der Waals surface area contributed by atoms with Gasteiger partial charge < -0.3 is 29.4 Å². The zero-order valence-corrected chi connectivity index (χ0v) is 26.2. The third kappa shape index (κ3) is 8.02. The van der Waals surface area contributed by atoms with Crippen LogP contribution in [0.2, 0.25) is 0 Å². The highest BCUT2D eigenvalue weighted by atomic mass is 32.3. The lowest BCUT2D eigenvalue weighted by atomic mass is 10.1. The molecular formula is C31H30N6O7S2. The first kappa shape index (κ1) is 32.5. The summed E-state index contributed by atoms with van der Waals surface area (Å²) < 4.78 is 68.0. The maximum Gasteiger partial charge on any atom is 0.295 e. The number of nitrogens with one attached hydrogen (secondary N) is 1. The normalized spacial score (nSPS) is 12.7. The molecule has 0 spiro atoms. The van der Waals surface area contributed by atoms with Gasteiger partial charge in [-0.2, -0.15) is 28.9 Å². The lowest BCUT2D eigenvalue weighted by Gasteiger charge is -2.20. The predicted molar refractivity (Wildman–Crippen MR) is 178 cm³/mol. The Kier molecular flexibility index (Phi) is 9.34. The van der Waals surface area contributed by atoms with Crippen molar-refractivity contribution in [2.45, 2.75) is 23.6 Å². The number of hydrogen-bond acceptors (Lipinski definition) is 12. The molecule has 0 heterocycles. The van der Waals surface area contributed by atoms with E-state index in [0.29, 0.717) is 34.2 Å². The van der Waals surface area contributed by atoms with Crippen molar-refractivity contribution in [1.82, 2.24) is 0 Å². The monoisotopic (exact) mass is 662 g/mol. The fraction of sp³-hybridized carbons (Fsp3) is 0.0968. The molecule has 0 fully saturated rings. The highest BCUT2D eigenvalue weighted by Gasteiger charge is 2.23. The number of hydrogen-bond donors (Lipinski definition) is 6. The van der Waals surface area contributed by atoms with Crippen LogP contribution in [0.4, 0.5) is 34.1 Å². The van der Waals surface area contributed by atoms with Crippen LogP contribution >= 0.6 is 10.9 Å². The molecule has 0 atom stereocenters. The highest BCUT2D eigenvalue weighted by molar-refractivity contribution is 8.19. The molecule has 15 heteroatoms. The Labute approximate surface area is 266 Å². The van der Waals surface area contributed by atoms with Gasteiger partial charge in [0.15, 0.2) is 6.73 Å². The van der Waals surface area contributed by atoms with E-state index in [9.17, 15) is 26.6 Å². The number of aryl methyl sites for hydroxylation is 2. The van der Waals surface area contributed by atoms with E-state index in [-0.39, 0.29) is 17.5 Å². The molecule has 5 aromatic carbocycles.